The molecule has 0 spiro atoms. The topological polar surface area (TPSA) is 94.4 Å². The smallest absolute Gasteiger partial charge is 0.263 e. The van der Waals surface area contributed by atoms with Crippen molar-refractivity contribution < 1.29 is 14.4 Å². The summed E-state index contributed by atoms with van der Waals surface area (Å²) in [6.45, 7) is 1.82. The van der Waals surface area contributed by atoms with Crippen molar-refractivity contribution in [3.63, 3.8) is 0 Å². The molecule has 0 aromatic heterocycles. The summed E-state index contributed by atoms with van der Waals surface area (Å²) < 4.78 is 0. The molecule has 148 valence electrons. The average Bonchev–Trinajstić information content (AvgIpc) is 3.22. The van der Waals surface area contributed by atoms with Crippen LogP contribution in [0.15, 0.2) is 58.9 Å². The Bertz CT molecular complexity index is 1010. The summed E-state index contributed by atoms with van der Waals surface area (Å²) in [5, 5.41) is 12.3. The Balaban J connectivity index is 1.48. The third-order valence-electron chi connectivity index (χ3n) is 4.87. The second-order valence-electron chi connectivity index (χ2n) is 6.78. The van der Waals surface area contributed by atoms with Gasteiger partial charge in [-0.3, -0.25) is 19.4 Å². The van der Waals surface area contributed by atoms with Gasteiger partial charge in [-0.05, 0) is 42.3 Å². The number of imide groups is 1. The van der Waals surface area contributed by atoms with Crippen molar-refractivity contribution in [1.29, 1.82) is 0 Å². The molecule has 2 aliphatic heterocycles. The van der Waals surface area contributed by atoms with Crippen LogP contribution in [0, 0.1) is 0 Å². The highest BCUT2D eigenvalue weighted by molar-refractivity contribution is 6.31. The molecule has 1 N–H and O–H groups in total. The minimum atomic E-state index is -0.938. The molecule has 0 saturated carbocycles. The molecule has 1 saturated heterocycles. The Labute approximate surface area is 172 Å². The normalized spacial score (nSPS) is 20.3. The Morgan fingerprint density at radius 1 is 1.14 bits per heavy atom. The maximum Gasteiger partial charge on any atom is 0.263 e. The van der Waals surface area contributed by atoms with Crippen LogP contribution in [0.3, 0.4) is 0 Å². The minimum Gasteiger partial charge on any atom is -0.324 e. The Kier molecular flexibility index (Phi) is 5.02. The molecule has 2 aromatic rings. The van der Waals surface area contributed by atoms with Gasteiger partial charge in [-0.1, -0.05) is 41.9 Å². The lowest BCUT2D eigenvalue weighted by molar-refractivity contribution is -0.123. The minimum absolute atomic E-state index is 0.210. The van der Waals surface area contributed by atoms with E-state index < -0.39 is 29.8 Å². The molecule has 4 rings (SSSR count). The number of amides is 3. The van der Waals surface area contributed by atoms with E-state index in [9.17, 15) is 14.4 Å². The lowest BCUT2D eigenvalue weighted by atomic mass is 10.1. The van der Waals surface area contributed by atoms with Crippen LogP contribution >= 0.6 is 11.6 Å². The third kappa shape index (κ3) is 3.58. The highest BCUT2D eigenvalue weighted by atomic mass is 35.5. The first-order valence-electron chi connectivity index (χ1n) is 9.17. The zero-order chi connectivity index (χ0) is 20.5. The predicted molar refractivity (Wildman–Crippen MR) is 108 cm³/mol. The first-order chi connectivity index (χ1) is 14.0. The number of benzene rings is 2. The van der Waals surface area contributed by atoms with Crippen LogP contribution in [-0.4, -0.2) is 41.4 Å². The summed E-state index contributed by atoms with van der Waals surface area (Å²) in [6, 6.07) is 12.1. The van der Waals surface area contributed by atoms with Crippen molar-refractivity contribution >= 4 is 40.7 Å². The van der Waals surface area contributed by atoms with E-state index in [0.717, 1.165) is 16.9 Å². The van der Waals surface area contributed by atoms with Gasteiger partial charge < -0.3 is 5.32 Å². The van der Waals surface area contributed by atoms with Crippen molar-refractivity contribution in [2.75, 3.05) is 16.8 Å². The lowest BCUT2D eigenvalue weighted by Crippen LogP contribution is -2.43. The highest BCUT2D eigenvalue weighted by Gasteiger charge is 2.55. The van der Waals surface area contributed by atoms with Crippen LogP contribution in [0.4, 0.5) is 11.4 Å². The molecule has 0 bridgehead atoms. The van der Waals surface area contributed by atoms with E-state index in [1.54, 1.807) is 36.4 Å². The van der Waals surface area contributed by atoms with Crippen LogP contribution in [0.2, 0.25) is 5.02 Å². The van der Waals surface area contributed by atoms with Crippen molar-refractivity contribution in [2.45, 2.75) is 25.4 Å². The number of aryl methyl sites for hydroxylation is 1. The third-order valence-corrected chi connectivity index (χ3v) is 5.11. The summed E-state index contributed by atoms with van der Waals surface area (Å²) in [6.07, 6.45) is 0.858. The molecule has 0 aliphatic carbocycles. The van der Waals surface area contributed by atoms with Gasteiger partial charge in [0.2, 0.25) is 5.91 Å². The summed E-state index contributed by atoms with van der Waals surface area (Å²) in [5.74, 6) is -1.27. The predicted octanol–water partition coefficient (Wildman–Crippen LogP) is 2.83. The number of fused-ring (bicyclic) bond motifs is 1. The largest absolute Gasteiger partial charge is 0.324 e. The van der Waals surface area contributed by atoms with E-state index in [-0.39, 0.29) is 6.54 Å². The van der Waals surface area contributed by atoms with Crippen LogP contribution in [0.5, 0.6) is 0 Å². The molecule has 1 fully saturated rings. The number of rotatable bonds is 5. The molecule has 2 atom stereocenters. The van der Waals surface area contributed by atoms with Gasteiger partial charge >= 0.3 is 0 Å². The van der Waals surface area contributed by atoms with Crippen LogP contribution in [0.25, 0.3) is 0 Å². The summed E-state index contributed by atoms with van der Waals surface area (Å²) >= 11 is 5.92. The molecule has 2 heterocycles. The molecule has 8 nitrogen and oxygen atoms in total. The number of hydrogen-bond donors (Lipinski definition) is 1. The Morgan fingerprint density at radius 3 is 2.59 bits per heavy atom. The van der Waals surface area contributed by atoms with Gasteiger partial charge in [-0.15, -0.1) is 0 Å². The monoisotopic (exact) mass is 411 g/mol. The first-order valence-corrected chi connectivity index (χ1v) is 9.55. The summed E-state index contributed by atoms with van der Waals surface area (Å²) in [4.78, 5) is 39.2. The first kappa shape index (κ1) is 19.1. The van der Waals surface area contributed by atoms with Gasteiger partial charge in [0.1, 0.15) is 6.54 Å². The number of carbonyl (C=O) groups is 3. The number of carbonyl (C=O) groups excluding carboxylic acids is 3. The van der Waals surface area contributed by atoms with Crippen LogP contribution in [0.1, 0.15) is 12.5 Å². The maximum absolute atomic E-state index is 12.9. The van der Waals surface area contributed by atoms with E-state index in [0.29, 0.717) is 16.4 Å². The molecular weight excluding hydrogens is 394 g/mol. The zero-order valence-electron chi connectivity index (χ0n) is 15.6. The fourth-order valence-electron chi connectivity index (χ4n) is 3.40. The summed E-state index contributed by atoms with van der Waals surface area (Å²) in [7, 11) is 0. The molecular formula is C20H18ClN5O3. The highest BCUT2D eigenvalue weighted by Crippen LogP contribution is 2.32. The molecule has 0 unspecified atom stereocenters. The lowest BCUT2D eigenvalue weighted by Gasteiger charge is -2.20. The van der Waals surface area contributed by atoms with E-state index in [4.69, 9.17) is 11.6 Å². The van der Waals surface area contributed by atoms with E-state index >= 15 is 0 Å². The van der Waals surface area contributed by atoms with Gasteiger partial charge in [0, 0.05) is 10.7 Å². The van der Waals surface area contributed by atoms with Crippen molar-refractivity contribution in [3.8, 4) is 0 Å². The number of hydrogen-bond acceptors (Lipinski definition) is 6. The number of nitrogens with one attached hydrogen (secondary N) is 1. The number of anilines is 2. The van der Waals surface area contributed by atoms with Crippen molar-refractivity contribution in [3.05, 3.63) is 59.1 Å². The van der Waals surface area contributed by atoms with Crippen LogP contribution in [-0.2, 0) is 20.8 Å². The fourth-order valence-corrected chi connectivity index (χ4v) is 3.59. The van der Waals surface area contributed by atoms with Gasteiger partial charge in [-0.25, -0.2) is 4.90 Å². The molecule has 0 radical (unpaired) electrons. The Hall–Kier alpha value is -3.26. The second kappa shape index (κ2) is 7.63. The molecule has 9 heteroatoms. The average molecular weight is 412 g/mol. The molecule has 2 aliphatic rings. The molecule has 2 aromatic carbocycles. The number of nitrogens with zero attached hydrogens (tertiary/aromatic N) is 4. The second-order valence-corrected chi connectivity index (χ2v) is 7.22. The van der Waals surface area contributed by atoms with Gasteiger partial charge in [-0.2, -0.15) is 5.11 Å². The standard InChI is InChI=1S/C20H18ClN5O3/c1-2-12-6-8-15(9-7-12)26-19(28)17-18(20(26)29)25(24-23-17)11-16(27)22-14-5-3-4-13(21)10-14/h3-10,17-18H,2,11H2,1H3,(H,22,27)/t17-,18+/m1/s1. The van der Waals surface area contributed by atoms with E-state index in [1.807, 2.05) is 19.1 Å². The molecule has 29 heavy (non-hydrogen) atoms. The molecule has 3 amide bonds. The Morgan fingerprint density at radius 2 is 1.90 bits per heavy atom. The van der Waals surface area contributed by atoms with Gasteiger partial charge in [0.25, 0.3) is 11.8 Å². The number of halogens is 1. The van der Waals surface area contributed by atoms with Crippen molar-refractivity contribution in [1.82, 2.24) is 5.01 Å². The van der Waals surface area contributed by atoms with Crippen LogP contribution < -0.4 is 10.2 Å². The van der Waals surface area contributed by atoms with Gasteiger partial charge in [0.15, 0.2) is 12.1 Å². The quantitative estimate of drug-likeness (QED) is 0.765. The van der Waals surface area contributed by atoms with Gasteiger partial charge in [0.05, 0.1) is 5.69 Å². The van der Waals surface area contributed by atoms with Crippen molar-refractivity contribution in [2.24, 2.45) is 10.3 Å². The van der Waals surface area contributed by atoms with E-state index in [1.165, 1.54) is 5.01 Å². The summed E-state index contributed by atoms with van der Waals surface area (Å²) in [5.41, 5.74) is 2.12. The maximum atomic E-state index is 12.9. The van der Waals surface area contributed by atoms with E-state index in [2.05, 4.69) is 15.7 Å². The SMILES string of the molecule is CCc1ccc(N2C(=O)[C@@H]3[C@@H](N=NN3CC(=O)Nc3cccc(Cl)c3)C2=O)cc1. The zero-order valence-corrected chi connectivity index (χ0v) is 16.3. The fraction of sp³-hybridized carbons (Fsp3) is 0.250.